The number of aliphatic carboxylic acids is 1. The van der Waals surface area contributed by atoms with Crippen molar-refractivity contribution >= 4 is 41.6 Å². The number of esters is 1. The van der Waals surface area contributed by atoms with E-state index >= 15 is 0 Å². The number of nitrogens with one attached hydrogen (secondary N) is 1. The van der Waals surface area contributed by atoms with Crippen LogP contribution in [0.2, 0.25) is 5.02 Å². The highest BCUT2D eigenvalue weighted by Gasteiger charge is 2.34. The van der Waals surface area contributed by atoms with Crippen molar-refractivity contribution in [3.05, 3.63) is 28.4 Å². The molecule has 0 saturated carbocycles. The molecule has 10 nitrogen and oxygen atoms in total. The average Bonchev–Trinajstić information content (AvgIpc) is 2.87. The second-order valence-corrected chi connectivity index (χ2v) is 5.81. The van der Waals surface area contributed by atoms with Gasteiger partial charge in [0.05, 0.1) is 18.7 Å². The lowest BCUT2D eigenvalue weighted by atomic mass is 10.1. The van der Waals surface area contributed by atoms with Crippen LogP contribution in [-0.2, 0) is 19.1 Å². The lowest BCUT2D eigenvalue weighted by Gasteiger charge is -2.13. The molecule has 2 N–H and O–H groups in total. The number of carboxylic acid groups (broad SMARTS) is 1. The van der Waals surface area contributed by atoms with Crippen molar-refractivity contribution in [2.75, 3.05) is 26.9 Å². The number of nitrogens with zero attached hydrogens (tertiary/aromatic N) is 1. The molecule has 1 aromatic rings. The van der Waals surface area contributed by atoms with Gasteiger partial charge in [-0.2, -0.15) is 0 Å². The van der Waals surface area contributed by atoms with Gasteiger partial charge in [-0.1, -0.05) is 11.6 Å². The molecule has 1 aliphatic heterocycles. The van der Waals surface area contributed by atoms with Crippen LogP contribution in [0.4, 0.5) is 4.79 Å². The molecule has 0 unspecified atom stereocenters. The first-order valence-electron chi connectivity index (χ1n) is 7.99. The first kappa shape index (κ1) is 21.0. The number of carbonyl (C=O) groups is 4. The third-order valence-corrected chi connectivity index (χ3v) is 3.74. The van der Waals surface area contributed by atoms with E-state index in [0.717, 1.165) is 0 Å². The van der Waals surface area contributed by atoms with Crippen molar-refractivity contribution in [1.82, 2.24) is 10.2 Å². The zero-order valence-corrected chi connectivity index (χ0v) is 15.7. The molecule has 2 rings (SSSR count). The Labute approximate surface area is 164 Å². The van der Waals surface area contributed by atoms with E-state index < -0.39 is 30.4 Å². The van der Waals surface area contributed by atoms with E-state index in [-0.39, 0.29) is 35.4 Å². The van der Waals surface area contributed by atoms with Gasteiger partial charge in [-0.05, 0) is 30.7 Å². The van der Waals surface area contributed by atoms with Crippen LogP contribution in [0.15, 0.2) is 17.8 Å². The first-order valence-corrected chi connectivity index (χ1v) is 8.36. The molecule has 0 bridgehead atoms. The third-order valence-electron chi connectivity index (χ3n) is 3.46. The number of methoxy groups -OCH3 is 1. The Bertz CT molecular complexity index is 852. The van der Waals surface area contributed by atoms with E-state index in [9.17, 15) is 19.2 Å². The van der Waals surface area contributed by atoms with Crippen LogP contribution in [0, 0.1) is 0 Å². The zero-order chi connectivity index (χ0) is 20.8. The number of carbonyl (C=O) groups excluding carboxylic acids is 3. The summed E-state index contributed by atoms with van der Waals surface area (Å²) in [4.78, 5) is 46.7. The quantitative estimate of drug-likeness (QED) is 0.370. The molecule has 0 aliphatic carbocycles. The van der Waals surface area contributed by atoms with E-state index in [1.54, 1.807) is 6.92 Å². The first-order chi connectivity index (χ1) is 13.3. The molecule has 11 heteroatoms. The predicted molar refractivity (Wildman–Crippen MR) is 96.0 cm³/mol. The van der Waals surface area contributed by atoms with Gasteiger partial charge >= 0.3 is 18.0 Å². The number of ether oxygens (including phenoxy) is 3. The van der Waals surface area contributed by atoms with Crippen molar-refractivity contribution in [3.63, 3.8) is 0 Å². The van der Waals surface area contributed by atoms with E-state index in [2.05, 4.69) is 5.32 Å². The van der Waals surface area contributed by atoms with Gasteiger partial charge in [0.15, 0.2) is 18.1 Å². The predicted octanol–water partition coefficient (Wildman–Crippen LogP) is 1.27. The summed E-state index contributed by atoms with van der Waals surface area (Å²) in [6, 6.07) is 2.06. The van der Waals surface area contributed by atoms with Gasteiger partial charge < -0.3 is 24.6 Å². The monoisotopic (exact) mass is 412 g/mol. The van der Waals surface area contributed by atoms with E-state index in [4.69, 9.17) is 30.9 Å². The molecule has 150 valence electrons. The number of hydrogen-bond acceptors (Lipinski definition) is 7. The normalized spacial score (nSPS) is 14.8. The molecular weight excluding hydrogens is 396 g/mol. The zero-order valence-electron chi connectivity index (χ0n) is 15.0. The highest BCUT2D eigenvalue weighted by Crippen LogP contribution is 2.37. The summed E-state index contributed by atoms with van der Waals surface area (Å²) < 4.78 is 15.3. The van der Waals surface area contributed by atoms with Crippen LogP contribution in [0.3, 0.4) is 0 Å². The molecule has 1 saturated heterocycles. The van der Waals surface area contributed by atoms with Crippen LogP contribution in [0.25, 0.3) is 6.08 Å². The fourth-order valence-electron chi connectivity index (χ4n) is 2.31. The maximum absolute atomic E-state index is 12.2. The fraction of sp³-hybridized carbons (Fsp3) is 0.294. The number of halogens is 1. The molecule has 28 heavy (non-hydrogen) atoms. The number of hydrogen-bond donors (Lipinski definition) is 2. The van der Waals surface area contributed by atoms with Crippen molar-refractivity contribution in [3.8, 4) is 11.5 Å². The summed E-state index contributed by atoms with van der Waals surface area (Å²) in [5.41, 5.74) is 0.260. The Kier molecular flexibility index (Phi) is 6.83. The lowest BCUT2D eigenvalue weighted by Crippen LogP contribution is -2.35. The van der Waals surface area contributed by atoms with Gasteiger partial charge in [-0.25, -0.2) is 14.5 Å². The molecule has 3 amide bonds. The molecule has 0 spiro atoms. The summed E-state index contributed by atoms with van der Waals surface area (Å²) >= 11 is 6.18. The van der Waals surface area contributed by atoms with Gasteiger partial charge in [0, 0.05) is 0 Å². The van der Waals surface area contributed by atoms with Crippen LogP contribution < -0.4 is 14.8 Å². The molecule has 0 radical (unpaired) electrons. The number of carboxylic acids is 1. The molecule has 1 fully saturated rings. The molecule has 0 atom stereocenters. The van der Waals surface area contributed by atoms with Gasteiger partial charge in [0.2, 0.25) is 0 Å². The van der Waals surface area contributed by atoms with Gasteiger partial charge in [-0.15, -0.1) is 0 Å². The second-order valence-electron chi connectivity index (χ2n) is 5.40. The molecule has 0 aromatic heterocycles. The number of urea groups is 1. The number of amides is 3. The van der Waals surface area contributed by atoms with Crippen LogP contribution in [0.5, 0.6) is 11.5 Å². The van der Waals surface area contributed by atoms with E-state index in [0.29, 0.717) is 10.5 Å². The van der Waals surface area contributed by atoms with Crippen LogP contribution in [-0.4, -0.2) is 60.8 Å². The van der Waals surface area contributed by atoms with Crippen molar-refractivity contribution in [2.24, 2.45) is 0 Å². The number of imide groups is 1. The molecule has 1 aromatic carbocycles. The smallest absolute Gasteiger partial charge is 0.344 e. The molecule has 1 aliphatic rings. The molecular formula is C17H17ClN2O8. The largest absolute Gasteiger partial charge is 0.493 e. The van der Waals surface area contributed by atoms with Crippen molar-refractivity contribution in [2.45, 2.75) is 6.92 Å². The maximum Gasteiger partial charge on any atom is 0.344 e. The minimum Gasteiger partial charge on any atom is -0.493 e. The van der Waals surface area contributed by atoms with Gasteiger partial charge in [0.1, 0.15) is 12.2 Å². The maximum atomic E-state index is 12.2. The Balaban J connectivity index is 2.25. The van der Waals surface area contributed by atoms with Crippen molar-refractivity contribution in [1.29, 1.82) is 0 Å². The fourth-order valence-corrected chi connectivity index (χ4v) is 2.59. The molecule has 1 heterocycles. The van der Waals surface area contributed by atoms with Crippen molar-refractivity contribution < 1.29 is 38.5 Å². The minimum absolute atomic E-state index is 0.0923. The summed E-state index contributed by atoms with van der Waals surface area (Å²) in [5.74, 6) is -2.40. The highest BCUT2D eigenvalue weighted by atomic mass is 35.5. The Hall–Kier alpha value is -3.27. The lowest BCUT2D eigenvalue weighted by molar-refractivity contribution is -0.145. The standard InChI is InChI=1S/C17H17ClN2O8/c1-3-27-14(23)8-28-15-10(18)4-9(6-12(15)26-2)5-11-16(24)20(7-13(21)22)17(25)19-11/h4-6H,3,7-8H2,1-2H3,(H,19,25)(H,21,22)/b11-5+. The summed E-state index contributed by atoms with van der Waals surface area (Å²) in [6.07, 6.45) is 1.31. The highest BCUT2D eigenvalue weighted by molar-refractivity contribution is 6.32. The summed E-state index contributed by atoms with van der Waals surface area (Å²) in [7, 11) is 1.36. The van der Waals surface area contributed by atoms with Gasteiger partial charge in [0.25, 0.3) is 5.91 Å². The van der Waals surface area contributed by atoms with Crippen LogP contribution >= 0.6 is 11.6 Å². The Morgan fingerprint density at radius 2 is 2.04 bits per heavy atom. The summed E-state index contributed by atoms with van der Waals surface area (Å²) in [6.45, 7) is 0.739. The third kappa shape index (κ3) is 4.92. The number of rotatable bonds is 8. The average molecular weight is 413 g/mol. The Morgan fingerprint density at radius 3 is 2.64 bits per heavy atom. The summed E-state index contributed by atoms with van der Waals surface area (Å²) in [5, 5.41) is 11.2. The SMILES string of the molecule is CCOC(=O)COc1c(Cl)cc(/C=C2/NC(=O)N(CC(=O)O)C2=O)cc1OC. The van der Waals surface area contributed by atoms with Gasteiger partial charge in [-0.3, -0.25) is 9.59 Å². The second kappa shape index (κ2) is 9.09. The minimum atomic E-state index is -1.32. The Morgan fingerprint density at radius 1 is 1.32 bits per heavy atom. The number of benzene rings is 1. The van der Waals surface area contributed by atoms with E-state index in [1.807, 2.05) is 0 Å². The van der Waals surface area contributed by atoms with Crippen LogP contribution in [0.1, 0.15) is 12.5 Å². The topological polar surface area (TPSA) is 131 Å². The van der Waals surface area contributed by atoms with E-state index in [1.165, 1.54) is 25.3 Å².